The maximum Gasteiger partial charge on any atom is 0.271 e. The molecule has 0 fully saturated rings. The number of nitrogens with zero attached hydrogens (tertiary/aromatic N) is 2. The second-order valence-electron chi connectivity index (χ2n) is 5.96. The molecule has 0 saturated heterocycles. The molecule has 2 aromatic heterocycles. The number of aromatic nitrogens is 2. The molecule has 0 spiro atoms. The summed E-state index contributed by atoms with van der Waals surface area (Å²) in [6, 6.07) is 19.3. The Morgan fingerprint density at radius 3 is 2.56 bits per heavy atom. The van der Waals surface area contributed by atoms with Gasteiger partial charge in [-0.15, -0.1) is 11.3 Å². The molecule has 0 amide bonds. The van der Waals surface area contributed by atoms with E-state index in [2.05, 4.69) is 4.98 Å². The normalized spacial score (nSPS) is 10.9. The highest BCUT2D eigenvalue weighted by atomic mass is 32.1. The molecule has 0 aliphatic rings. The van der Waals surface area contributed by atoms with E-state index in [0.29, 0.717) is 17.9 Å². The van der Waals surface area contributed by atoms with Crippen LogP contribution >= 0.6 is 11.3 Å². The molecule has 2 heterocycles. The lowest BCUT2D eigenvalue weighted by molar-refractivity contribution is 0.296. The fraction of sp³-hybridized carbons (Fsp3) is 0.143. The zero-order valence-corrected chi connectivity index (χ0v) is 15.6. The minimum absolute atomic E-state index is 0.0403. The van der Waals surface area contributed by atoms with E-state index < -0.39 is 0 Å². The van der Waals surface area contributed by atoms with E-state index in [-0.39, 0.29) is 5.56 Å². The molecule has 2 aromatic carbocycles. The lowest BCUT2D eigenvalue weighted by atomic mass is 10.2. The van der Waals surface area contributed by atoms with E-state index in [1.807, 2.05) is 60.7 Å². The molecule has 0 N–H and O–H groups in total. The van der Waals surface area contributed by atoms with Crippen LogP contribution in [0.3, 0.4) is 0 Å². The largest absolute Gasteiger partial charge is 0.497 e. The highest BCUT2D eigenvalue weighted by Gasteiger charge is 2.11. The number of benzene rings is 2. The molecule has 5 nitrogen and oxygen atoms in total. The van der Waals surface area contributed by atoms with Crippen molar-refractivity contribution in [1.29, 1.82) is 0 Å². The Balaban J connectivity index is 1.55. The third-order valence-electron chi connectivity index (χ3n) is 4.22. The number of hydrogen-bond acceptors (Lipinski definition) is 5. The number of ether oxygens (including phenoxy) is 2. The second-order valence-corrected chi connectivity index (χ2v) is 7.01. The van der Waals surface area contributed by atoms with Gasteiger partial charge in [-0.3, -0.25) is 9.36 Å². The van der Waals surface area contributed by atoms with Crippen LogP contribution in [0, 0.1) is 0 Å². The second kappa shape index (κ2) is 7.63. The molecule has 0 aliphatic heterocycles. The van der Waals surface area contributed by atoms with E-state index in [1.165, 1.54) is 11.3 Å². The lowest BCUT2D eigenvalue weighted by Gasteiger charge is -2.07. The van der Waals surface area contributed by atoms with Crippen molar-refractivity contribution in [3.05, 3.63) is 77.3 Å². The van der Waals surface area contributed by atoms with Gasteiger partial charge in [0.05, 0.1) is 25.5 Å². The minimum atomic E-state index is -0.0403. The van der Waals surface area contributed by atoms with Crippen LogP contribution in [0.25, 0.3) is 20.7 Å². The minimum Gasteiger partial charge on any atom is -0.497 e. The summed E-state index contributed by atoms with van der Waals surface area (Å²) in [6.45, 7) is 0.861. The molecule has 0 radical (unpaired) electrons. The molecule has 6 heteroatoms. The topological polar surface area (TPSA) is 53.4 Å². The molecule has 4 aromatic rings. The van der Waals surface area contributed by atoms with Crippen LogP contribution in [0.2, 0.25) is 0 Å². The average molecular weight is 378 g/mol. The quantitative estimate of drug-likeness (QED) is 0.504. The van der Waals surface area contributed by atoms with Crippen LogP contribution in [0.5, 0.6) is 11.5 Å². The maximum absolute atomic E-state index is 12.8. The number of thiophene rings is 1. The molecular formula is C21H18N2O3S. The summed E-state index contributed by atoms with van der Waals surface area (Å²) in [4.78, 5) is 18.2. The summed E-state index contributed by atoms with van der Waals surface area (Å²) in [5.74, 6) is 1.59. The van der Waals surface area contributed by atoms with E-state index >= 15 is 0 Å². The monoisotopic (exact) mass is 378 g/mol. The summed E-state index contributed by atoms with van der Waals surface area (Å²) < 4.78 is 13.1. The average Bonchev–Trinajstić information content (AvgIpc) is 3.16. The standard InChI is InChI=1S/C21H18N2O3S/c1-25-16-9-7-15(8-10-16)19-13-18-20(27-19)21(24)23(14-22-18)11-12-26-17-5-3-2-4-6-17/h2-10,13-14H,11-12H2,1H3. The van der Waals surface area contributed by atoms with Crippen LogP contribution < -0.4 is 15.0 Å². The SMILES string of the molecule is COc1ccc(-c2cc3ncn(CCOc4ccccc4)c(=O)c3s2)cc1. The van der Waals surface area contributed by atoms with Crippen molar-refractivity contribution in [1.82, 2.24) is 9.55 Å². The van der Waals surface area contributed by atoms with Crippen molar-refractivity contribution in [2.45, 2.75) is 6.54 Å². The fourth-order valence-electron chi connectivity index (χ4n) is 2.78. The Hall–Kier alpha value is -3.12. The van der Waals surface area contributed by atoms with Gasteiger partial charge in [-0.05, 0) is 48.0 Å². The summed E-state index contributed by atoms with van der Waals surface area (Å²) in [6.07, 6.45) is 1.59. The van der Waals surface area contributed by atoms with Gasteiger partial charge >= 0.3 is 0 Å². The van der Waals surface area contributed by atoms with Gasteiger partial charge < -0.3 is 9.47 Å². The molecule has 0 saturated carbocycles. The smallest absolute Gasteiger partial charge is 0.271 e. The van der Waals surface area contributed by atoms with Crippen LogP contribution in [0.4, 0.5) is 0 Å². The molecule has 27 heavy (non-hydrogen) atoms. The van der Waals surface area contributed by atoms with Crippen LogP contribution in [0.15, 0.2) is 71.8 Å². The molecule has 0 aliphatic carbocycles. The van der Waals surface area contributed by atoms with Crippen molar-refractivity contribution in [2.75, 3.05) is 13.7 Å². The van der Waals surface area contributed by atoms with E-state index in [9.17, 15) is 4.79 Å². The maximum atomic E-state index is 12.8. The summed E-state index contributed by atoms with van der Waals surface area (Å²) in [5.41, 5.74) is 1.72. The van der Waals surface area contributed by atoms with Gasteiger partial charge in [0.1, 0.15) is 22.8 Å². The highest BCUT2D eigenvalue weighted by molar-refractivity contribution is 7.22. The van der Waals surface area contributed by atoms with Gasteiger partial charge in [-0.1, -0.05) is 18.2 Å². The van der Waals surface area contributed by atoms with Crippen LogP contribution in [-0.2, 0) is 6.54 Å². The highest BCUT2D eigenvalue weighted by Crippen LogP contribution is 2.31. The van der Waals surface area contributed by atoms with Gasteiger partial charge in [-0.2, -0.15) is 0 Å². The molecule has 4 rings (SSSR count). The van der Waals surface area contributed by atoms with E-state index in [1.54, 1.807) is 18.0 Å². The Kier molecular flexibility index (Phi) is 4.89. The first kappa shape index (κ1) is 17.3. The van der Waals surface area contributed by atoms with Gasteiger partial charge in [0.2, 0.25) is 0 Å². The van der Waals surface area contributed by atoms with Crippen molar-refractivity contribution in [3.63, 3.8) is 0 Å². The van der Waals surface area contributed by atoms with Crippen molar-refractivity contribution >= 4 is 21.6 Å². The third-order valence-corrected chi connectivity index (χ3v) is 5.38. The predicted octanol–water partition coefficient (Wildman–Crippen LogP) is 4.21. The van der Waals surface area contributed by atoms with Gasteiger partial charge in [0.25, 0.3) is 5.56 Å². The number of rotatable bonds is 6. The van der Waals surface area contributed by atoms with E-state index in [0.717, 1.165) is 27.5 Å². The van der Waals surface area contributed by atoms with Gasteiger partial charge in [-0.25, -0.2) is 4.98 Å². The first-order valence-electron chi connectivity index (χ1n) is 8.56. The Bertz CT molecular complexity index is 1100. The number of methoxy groups -OCH3 is 1. The Morgan fingerprint density at radius 1 is 1.04 bits per heavy atom. The molecule has 0 bridgehead atoms. The summed E-state index contributed by atoms with van der Waals surface area (Å²) in [7, 11) is 1.64. The number of fused-ring (bicyclic) bond motifs is 1. The zero-order chi connectivity index (χ0) is 18.6. The van der Waals surface area contributed by atoms with Gasteiger partial charge in [0, 0.05) is 4.88 Å². The van der Waals surface area contributed by atoms with Crippen molar-refractivity contribution in [3.8, 4) is 21.9 Å². The first-order valence-corrected chi connectivity index (χ1v) is 9.37. The first-order chi connectivity index (χ1) is 13.2. The molecule has 0 atom stereocenters. The van der Waals surface area contributed by atoms with E-state index in [4.69, 9.17) is 9.47 Å². The Labute approximate surface area is 160 Å². The third kappa shape index (κ3) is 3.71. The Morgan fingerprint density at radius 2 is 1.81 bits per heavy atom. The molecule has 0 unspecified atom stereocenters. The number of para-hydroxylation sites is 1. The van der Waals surface area contributed by atoms with Crippen molar-refractivity contribution < 1.29 is 9.47 Å². The lowest BCUT2D eigenvalue weighted by Crippen LogP contribution is -2.22. The molecule has 136 valence electrons. The van der Waals surface area contributed by atoms with Gasteiger partial charge in [0.15, 0.2) is 0 Å². The molecular weight excluding hydrogens is 360 g/mol. The van der Waals surface area contributed by atoms with Crippen LogP contribution in [0.1, 0.15) is 0 Å². The summed E-state index contributed by atoms with van der Waals surface area (Å²) >= 11 is 1.46. The number of hydrogen-bond donors (Lipinski definition) is 0. The van der Waals surface area contributed by atoms with Crippen molar-refractivity contribution in [2.24, 2.45) is 0 Å². The predicted molar refractivity (Wildman–Crippen MR) is 108 cm³/mol. The fourth-order valence-corrected chi connectivity index (χ4v) is 3.85. The zero-order valence-electron chi connectivity index (χ0n) is 14.8. The summed E-state index contributed by atoms with van der Waals surface area (Å²) in [5, 5.41) is 0. The van der Waals surface area contributed by atoms with Crippen LogP contribution in [-0.4, -0.2) is 23.3 Å².